The van der Waals surface area contributed by atoms with Crippen LogP contribution in [0.15, 0.2) is 36.0 Å². The van der Waals surface area contributed by atoms with Gasteiger partial charge in [0.1, 0.15) is 5.82 Å². The van der Waals surface area contributed by atoms with Crippen molar-refractivity contribution in [1.82, 2.24) is 9.78 Å². The highest BCUT2D eigenvalue weighted by Gasteiger charge is 2.37. The Morgan fingerprint density at radius 1 is 1.25 bits per heavy atom. The van der Waals surface area contributed by atoms with Crippen LogP contribution in [0.4, 0.5) is 4.39 Å². The predicted octanol–water partition coefficient (Wildman–Crippen LogP) is 4.14. The fourth-order valence-corrected chi connectivity index (χ4v) is 3.63. The van der Waals surface area contributed by atoms with Gasteiger partial charge in [-0.1, -0.05) is 12.5 Å². The summed E-state index contributed by atoms with van der Waals surface area (Å²) in [6.45, 7) is 2.37. The predicted molar refractivity (Wildman–Crippen MR) is 77.2 cm³/mol. The standard InChI is InChI=1S/C17H17FN2/c1-17-8-2-3-13(17)9-16-12(10-17)11-19-20(16)15-6-4-14(18)5-7-15/h4-7,9,11H,2-3,8,10H2,1H3/t17-/m0/s1. The first-order chi connectivity index (χ1) is 9.66. The zero-order chi connectivity index (χ0) is 13.7. The summed E-state index contributed by atoms with van der Waals surface area (Å²) in [4.78, 5) is 0. The van der Waals surface area contributed by atoms with Gasteiger partial charge in [0.25, 0.3) is 0 Å². The number of hydrogen-bond acceptors (Lipinski definition) is 1. The maximum atomic E-state index is 13.1. The van der Waals surface area contributed by atoms with Gasteiger partial charge in [0.05, 0.1) is 17.6 Å². The van der Waals surface area contributed by atoms with Crippen LogP contribution in [-0.2, 0) is 6.42 Å². The van der Waals surface area contributed by atoms with Gasteiger partial charge in [-0.25, -0.2) is 9.07 Å². The Balaban J connectivity index is 1.83. The molecule has 1 atom stereocenters. The molecule has 1 saturated carbocycles. The second kappa shape index (κ2) is 4.05. The van der Waals surface area contributed by atoms with E-state index in [0.29, 0.717) is 5.41 Å². The van der Waals surface area contributed by atoms with Crippen molar-refractivity contribution in [3.63, 3.8) is 0 Å². The van der Waals surface area contributed by atoms with Gasteiger partial charge in [-0.3, -0.25) is 0 Å². The number of hydrogen-bond donors (Lipinski definition) is 0. The number of rotatable bonds is 1. The third-order valence-electron chi connectivity index (χ3n) is 4.80. The molecule has 20 heavy (non-hydrogen) atoms. The van der Waals surface area contributed by atoms with E-state index in [1.807, 2.05) is 10.9 Å². The van der Waals surface area contributed by atoms with Crippen LogP contribution in [-0.4, -0.2) is 9.78 Å². The maximum Gasteiger partial charge on any atom is 0.123 e. The van der Waals surface area contributed by atoms with Gasteiger partial charge in [0.15, 0.2) is 0 Å². The molecule has 0 radical (unpaired) electrons. The van der Waals surface area contributed by atoms with Crippen LogP contribution >= 0.6 is 0 Å². The Morgan fingerprint density at radius 3 is 2.85 bits per heavy atom. The molecule has 1 aromatic heterocycles. The highest BCUT2D eigenvalue weighted by molar-refractivity contribution is 5.61. The van der Waals surface area contributed by atoms with Gasteiger partial charge in [0.2, 0.25) is 0 Å². The van der Waals surface area contributed by atoms with Gasteiger partial charge in [0, 0.05) is 0 Å². The van der Waals surface area contributed by atoms with Gasteiger partial charge < -0.3 is 0 Å². The molecule has 2 aromatic rings. The molecule has 1 fully saturated rings. The number of aromatic nitrogens is 2. The molecule has 1 aromatic carbocycles. The molecule has 0 unspecified atom stereocenters. The van der Waals surface area contributed by atoms with Crippen molar-refractivity contribution >= 4 is 6.08 Å². The Kier molecular flexibility index (Phi) is 2.40. The van der Waals surface area contributed by atoms with Crippen LogP contribution in [0.5, 0.6) is 0 Å². The molecule has 0 spiro atoms. The van der Waals surface area contributed by atoms with E-state index in [1.54, 1.807) is 17.7 Å². The van der Waals surface area contributed by atoms with Crippen molar-refractivity contribution in [3.8, 4) is 5.69 Å². The first-order valence-corrected chi connectivity index (χ1v) is 7.20. The van der Waals surface area contributed by atoms with Crippen molar-refractivity contribution in [2.75, 3.05) is 0 Å². The highest BCUT2D eigenvalue weighted by atomic mass is 19.1. The summed E-state index contributed by atoms with van der Waals surface area (Å²) in [6.07, 6.45) is 9.12. The lowest BCUT2D eigenvalue weighted by molar-refractivity contribution is 0.405. The van der Waals surface area contributed by atoms with Crippen LogP contribution in [0.1, 0.15) is 37.4 Å². The summed E-state index contributed by atoms with van der Waals surface area (Å²) >= 11 is 0. The van der Waals surface area contributed by atoms with Crippen molar-refractivity contribution in [1.29, 1.82) is 0 Å². The third kappa shape index (κ3) is 1.65. The average Bonchev–Trinajstić information content (AvgIpc) is 2.99. The van der Waals surface area contributed by atoms with Crippen LogP contribution < -0.4 is 0 Å². The minimum absolute atomic E-state index is 0.212. The fourth-order valence-electron chi connectivity index (χ4n) is 3.63. The quantitative estimate of drug-likeness (QED) is 0.760. The third-order valence-corrected chi connectivity index (χ3v) is 4.80. The number of nitrogens with zero attached hydrogens (tertiary/aromatic N) is 2. The van der Waals surface area contributed by atoms with Crippen molar-refractivity contribution in [2.24, 2.45) is 5.41 Å². The molecule has 102 valence electrons. The van der Waals surface area contributed by atoms with E-state index in [1.165, 1.54) is 42.7 Å². The van der Waals surface area contributed by atoms with E-state index in [0.717, 1.165) is 12.1 Å². The second-order valence-electron chi connectivity index (χ2n) is 6.20. The van der Waals surface area contributed by atoms with Crippen molar-refractivity contribution in [3.05, 3.63) is 53.1 Å². The lowest BCUT2D eigenvalue weighted by Gasteiger charge is -2.29. The minimum atomic E-state index is -0.212. The monoisotopic (exact) mass is 268 g/mol. The van der Waals surface area contributed by atoms with Crippen LogP contribution in [0, 0.1) is 11.2 Å². The van der Waals surface area contributed by atoms with E-state index in [4.69, 9.17) is 0 Å². The summed E-state index contributed by atoms with van der Waals surface area (Å²) in [5, 5.41) is 4.51. The summed E-state index contributed by atoms with van der Waals surface area (Å²) in [6, 6.07) is 6.53. The topological polar surface area (TPSA) is 17.8 Å². The van der Waals surface area contributed by atoms with Crippen molar-refractivity contribution < 1.29 is 4.39 Å². The zero-order valence-electron chi connectivity index (χ0n) is 11.6. The summed E-state index contributed by atoms with van der Waals surface area (Å²) in [7, 11) is 0. The van der Waals surface area contributed by atoms with Gasteiger partial charge in [-0.2, -0.15) is 5.10 Å². The molecule has 0 N–H and O–H groups in total. The van der Waals surface area contributed by atoms with E-state index < -0.39 is 0 Å². The zero-order valence-corrected chi connectivity index (χ0v) is 11.6. The summed E-state index contributed by atoms with van der Waals surface area (Å²) in [5.74, 6) is -0.212. The van der Waals surface area contributed by atoms with E-state index in [-0.39, 0.29) is 5.82 Å². The summed E-state index contributed by atoms with van der Waals surface area (Å²) < 4.78 is 15.0. The first-order valence-electron chi connectivity index (χ1n) is 7.20. The Bertz CT molecular complexity index is 696. The smallest absolute Gasteiger partial charge is 0.123 e. The molecule has 0 bridgehead atoms. The second-order valence-corrected chi connectivity index (χ2v) is 6.20. The highest BCUT2D eigenvalue weighted by Crippen LogP contribution is 2.49. The molecule has 0 saturated heterocycles. The maximum absolute atomic E-state index is 13.1. The van der Waals surface area contributed by atoms with Crippen molar-refractivity contribution in [2.45, 2.75) is 32.6 Å². The van der Waals surface area contributed by atoms with Gasteiger partial charge in [-0.15, -0.1) is 0 Å². The number of allylic oxidation sites excluding steroid dienone is 1. The van der Waals surface area contributed by atoms with E-state index in [2.05, 4.69) is 18.1 Å². The molecular formula is C17H17FN2. The number of halogens is 1. The van der Waals surface area contributed by atoms with E-state index >= 15 is 0 Å². The normalized spacial score (nSPS) is 24.2. The molecule has 2 aliphatic carbocycles. The lowest BCUT2D eigenvalue weighted by Crippen LogP contribution is -2.21. The Hall–Kier alpha value is -1.90. The summed E-state index contributed by atoms with van der Waals surface area (Å²) in [5.41, 5.74) is 5.29. The number of benzene rings is 1. The minimum Gasteiger partial charge on any atom is -0.233 e. The molecule has 2 aliphatic rings. The van der Waals surface area contributed by atoms with Crippen LogP contribution in [0.25, 0.3) is 11.8 Å². The number of fused-ring (bicyclic) bond motifs is 2. The fraction of sp³-hybridized carbons (Fsp3) is 0.353. The van der Waals surface area contributed by atoms with Gasteiger partial charge >= 0.3 is 0 Å². The van der Waals surface area contributed by atoms with E-state index in [9.17, 15) is 4.39 Å². The van der Waals surface area contributed by atoms with Crippen LogP contribution in [0.3, 0.4) is 0 Å². The molecule has 2 nitrogen and oxygen atoms in total. The molecule has 1 heterocycles. The molecular weight excluding hydrogens is 251 g/mol. The Morgan fingerprint density at radius 2 is 2.05 bits per heavy atom. The largest absolute Gasteiger partial charge is 0.233 e. The lowest BCUT2D eigenvalue weighted by atomic mass is 9.75. The van der Waals surface area contributed by atoms with Crippen LogP contribution in [0.2, 0.25) is 0 Å². The molecule has 4 rings (SSSR count). The molecule has 0 amide bonds. The molecule has 0 aliphatic heterocycles. The van der Waals surface area contributed by atoms with Gasteiger partial charge in [-0.05, 0) is 67.0 Å². The molecule has 3 heteroatoms. The SMILES string of the molecule is C[C@@]12CCCC1=Cc1c(cnn1-c1ccc(F)cc1)C2. The Labute approximate surface area is 117 Å². The average molecular weight is 268 g/mol. The first kappa shape index (κ1) is 11.9.